The quantitative estimate of drug-likeness (QED) is 0.723. The van der Waals surface area contributed by atoms with Crippen LogP contribution in [0.15, 0.2) is 18.2 Å². The number of fused-ring (bicyclic) bond motifs is 1. The number of anilines is 1. The lowest BCUT2D eigenvalue weighted by molar-refractivity contribution is -0.143. The summed E-state index contributed by atoms with van der Waals surface area (Å²) < 4.78 is 1.08. The Morgan fingerprint density at radius 3 is 2.67 bits per heavy atom. The second-order valence-electron chi connectivity index (χ2n) is 7.77. The van der Waals surface area contributed by atoms with Gasteiger partial charge in [0.1, 0.15) is 0 Å². The van der Waals surface area contributed by atoms with Crippen LogP contribution in [0.4, 0.5) is 5.69 Å². The van der Waals surface area contributed by atoms with E-state index in [4.69, 9.17) is 0 Å². The predicted molar refractivity (Wildman–Crippen MR) is 109 cm³/mol. The Bertz CT molecular complexity index is 839. The molecule has 2 aromatic rings. The topological polar surface area (TPSA) is 70.5 Å². The third kappa shape index (κ3) is 4.00. The summed E-state index contributed by atoms with van der Waals surface area (Å²) in [6, 6.07) is 6.00. The number of benzene rings is 1. The number of carboxylic acid groups (broad SMARTS) is 1. The van der Waals surface area contributed by atoms with Crippen LogP contribution in [0.3, 0.4) is 0 Å². The Hall–Kier alpha value is -1.95. The Balaban J connectivity index is 1.95. The monoisotopic (exact) mass is 388 g/mol. The van der Waals surface area contributed by atoms with Crippen LogP contribution in [-0.2, 0) is 9.59 Å². The molecule has 5 nitrogen and oxygen atoms in total. The van der Waals surface area contributed by atoms with Gasteiger partial charge in [-0.1, -0.05) is 26.7 Å². The van der Waals surface area contributed by atoms with Crippen molar-refractivity contribution in [3.05, 3.63) is 23.2 Å². The van der Waals surface area contributed by atoms with Crippen LogP contribution in [0, 0.1) is 18.3 Å². The van der Waals surface area contributed by atoms with E-state index in [2.05, 4.69) is 18.0 Å². The summed E-state index contributed by atoms with van der Waals surface area (Å²) in [6.07, 6.45) is 4.83. The zero-order valence-electron chi connectivity index (χ0n) is 16.3. The Morgan fingerprint density at radius 2 is 2.04 bits per heavy atom. The molecular formula is C21H28N2O3S. The molecule has 0 radical (unpaired) electrons. The van der Waals surface area contributed by atoms with Gasteiger partial charge in [0.15, 0.2) is 0 Å². The molecule has 0 unspecified atom stereocenters. The summed E-state index contributed by atoms with van der Waals surface area (Å²) in [5.41, 5.74) is 1.30. The summed E-state index contributed by atoms with van der Waals surface area (Å²) in [5.74, 6) is -1.24. The molecule has 1 amide bonds. The molecule has 0 aliphatic heterocycles. The molecule has 1 saturated carbocycles. The molecule has 0 spiro atoms. The molecule has 1 aliphatic rings. The molecule has 1 aliphatic carbocycles. The molecule has 0 bridgehead atoms. The summed E-state index contributed by atoms with van der Waals surface area (Å²) in [6.45, 7) is 6.41. The third-order valence-electron chi connectivity index (χ3n) is 5.62. The zero-order valence-corrected chi connectivity index (χ0v) is 17.1. The van der Waals surface area contributed by atoms with Crippen LogP contribution in [0.25, 0.3) is 10.2 Å². The normalized spacial score (nSPS) is 17.1. The maximum Gasteiger partial charge on any atom is 0.306 e. The molecule has 146 valence electrons. The third-order valence-corrected chi connectivity index (χ3v) is 6.55. The predicted octanol–water partition coefficient (Wildman–Crippen LogP) is 5.02. The number of carboxylic acids is 1. The number of aliphatic carboxylic acids is 1. The minimum atomic E-state index is -0.822. The largest absolute Gasteiger partial charge is 0.481 e. The molecule has 6 heteroatoms. The van der Waals surface area contributed by atoms with Gasteiger partial charge in [-0.25, -0.2) is 4.98 Å². The fraction of sp³-hybridized carbons (Fsp3) is 0.571. The van der Waals surface area contributed by atoms with Crippen LogP contribution in [0.1, 0.15) is 57.4 Å². The first-order valence-electron chi connectivity index (χ1n) is 9.78. The van der Waals surface area contributed by atoms with Crippen LogP contribution in [-0.4, -0.2) is 28.5 Å². The van der Waals surface area contributed by atoms with Crippen molar-refractivity contribution in [2.45, 2.75) is 59.3 Å². The molecule has 0 saturated heterocycles. The second-order valence-corrected chi connectivity index (χ2v) is 9.01. The first-order valence-corrected chi connectivity index (χ1v) is 10.6. The number of aromatic nitrogens is 1. The average Bonchev–Trinajstić information content (AvgIpc) is 3.24. The zero-order chi connectivity index (χ0) is 19.6. The van der Waals surface area contributed by atoms with Crippen molar-refractivity contribution in [2.24, 2.45) is 11.3 Å². The highest BCUT2D eigenvalue weighted by Gasteiger charge is 2.45. The maximum absolute atomic E-state index is 13.7. The van der Waals surface area contributed by atoms with Gasteiger partial charge in [-0.3, -0.25) is 9.59 Å². The Labute approximate surface area is 164 Å². The van der Waals surface area contributed by atoms with Crippen molar-refractivity contribution in [3.8, 4) is 0 Å². The highest BCUT2D eigenvalue weighted by molar-refractivity contribution is 7.18. The standard InChI is InChI=1S/C21H28N2O3S/c1-4-11-23(16-7-8-17-18(12-16)27-15(3)22-17)20(26)21(9-5-6-10-21)13-14(2)19(24)25/h7-8,12,14H,4-6,9-11,13H2,1-3H3,(H,24,25)/t14-/m1/s1. The van der Waals surface area contributed by atoms with Gasteiger partial charge in [-0.15, -0.1) is 11.3 Å². The number of carbonyl (C=O) groups excluding carboxylic acids is 1. The molecule has 1 heterocycles. The van der Waals surface area contributed by atoms with E-state index in [1.165, 1.54) is 0 Å². The van der Waals surface area contributed by atoms with Gasteiger partial charge in [0, 0.05) is 12.2 Å². The fourth-order valence-electron chi connectivity index (χ4n) is 4.28. The van der Waals surface area contributed by atoms with E-state index in [1.54, 1.807) is 18.3 Å². The molecule has 1 aromatic carbocycles. The van der Waals surface area contributed by atoms with Crippen molar-refractivity contribution >= 4 is 39.1 Å². The van der Waals surface area contributed by atoms with Gasteiger partial charge in [-0.05, 0) is 50.8 Å². The van der Waals surface area contributed by atoms with E-state index in [0.29, 0.717) is 13.0 Å². The van der Waals surface area contributed by atoms with Crippen molar-refractivity contribution in [1.82, 2.24) is 4.98 Å². The van der Waals surface area contributed by atoms with Crippen molar-refractivity contribution in [3.63, 3.8) is 0 Å². The highest BCUT2D eigenvalue weighted by Crippen LogP contribution is 2.45. The van der Waals surface area contributed by atoms with Gasteiger partial charge >= 0.3 is 5.97 Å². The fourth-order valence-corrected chi connectivity index (χ4v) is 5.14. The molecule has 1 aromatic heterocycles. The summed E-state index contributed by atoms with van der Waals surface area (Å²) in [7, 11) is 0. The number of carbonyl (C=O) groups is 2. The van der Waals surface area contributed by atoms with Gasteiger partial charge < -0.3 is 10.0 Å². The molecule has 3 rings (SSSR count). The van der Waals surface area contributed by atoms with Gasteiger partial charge in [0.25, 0.3) is 0 Å². The van der Waals surface area contributed by atoms with E-state index in [9.17, 15) is 14.7 Å². The van der Waals surface area contributed by atoms with Crippen LogP contribution in [0.2, 0.25) is 0 Å². The number of thiazole rings is 1. The van der Waals surface area contributed by atoms with Crippen molar-refractivity contribution in [1.29, 1.82) is 0 Å². The highest BCUT2D eigenvalue weighted by atomic mass is 32.1. The maximum atomic E-state index is 13.7. The molecule has 27 heavy (non-hydrogen) atoms. The molecule has 1 atom stereocenters. The number of amides is 1. The van der Waals surface area contributed by atoms with Crippen molar-refractivity contribution < 1.29 is 14.7 Å². The molecule has 1 N–H and O–H groups in total. The van der Waals surface area contributed by atoms with E-state index in [1.807, 2.05) is 24.0 Å². The van der Waals surface area contributed by atoms with Crippen molar-refractivity contribution in [2.75, 3.05) is 11.4 Å². The number of rotatable bonds is 7. The minimum Gasteiger partial charge on any atom is -0.481 e. The Kier molecular flexibility index (Phi) is 5.84. The molecular weight excluding hydrogens is 360 g/mol. The first-order chi connectivity index (χ1) is 12.9. The summed E-state index contributed by atoms with van der Waals surface area (Å²) >= 11 is 1.63. The van der Waals surface area contributed by atoms with Crippen LogP contribution >= 0.6 is 11.3 Å². The first kappa shape index (κ1) is 19.8. The SMILES string of the molecule is CCCN(C(=O)C1(C[C@@H](C)C(=O)O)CCCC1)c1ccc2nc(C)sc2c1. The van der Waals surface area contributed by atoms with E-state index < -0.39 is 17.3 Å². The molecule has 1 fully saturated rings. The van der Waals surface area contributed by atoms with Crippen LogP contribution < -0.4 is 4.90 Å². The number of aryl methyl sites for hydroxylation is 1. The van der Waals surface area contributed by atoms with Gasteiger partial charge in [-0.2, -0.15) is 0 Å². The number of nitrogens with zero attached hydrogens (tertiary/aromatic N) is 2. The minimum absolute atomic E-state index is 0.0931. The van der Waals surface area contributed by atoms with Gasteiger partial charge in [0.2, 0.25) is 5.91 Å². The Morgan fingerprint density at radius 1 is 1.33 bits per heavy atom. The van der Waals surface area contributed by atoms with Gasteiger partial charge in [0.05, 0.1) is 26.6 Å². The number of hydrogen-bond acceptors (Lipinski definition) is 4. The lowest BCUT2D eigenvalue weighted by Gasteiger charge is -2.35. The lowest BCUT2D eigenvalue weighted by atomic mass is 9.76. The summed E-state index contributed by atoms with van der Waals surface area (Å²) in [5, 5.41) is 10.4. The van der Waals surface area contributed by atoms with E-state index in [-0.39, 0.29) is 5.91 Å². The van der Waals surface area contributed by atoms with Crippen LogP contribution in [0.5, 0.6) is 0 Å². The smallest absolute Gasteiger partial charge is 0.306 e. The van der Waals surface area contributed by atoms with E-state index in [0.717, 1.165) is 53.0 Å². The average molecular weight is 389 g/mol. The lowest BCUT2D eigenvalue weighted by Crippen LogP contribution is -2.44. The summed E-state index contributed by atoms with van der Waals surface area (Å²) in [4.78, 5) is 31.5. The number of hydrogen-bond donors (Lipinski definition) is 1. The van der Waals surface area contributed by atoms with E-state index >= 15 is 0 Å². The second kappa shape index (κ2) is 7.97.